The van der Waals surface area contributed by atoms with Crippen LogP contribution < -0.4 is 21.2 Å². The lowest BCUT2D eigenvalue weighted by atomic mass is 10.2. The lowest BCUT2D eigenvalue weighted by Crippen LogP contribution is -2.44. The molecule has 0 saturated carbocycles. The fourth-order valence-electron chi connectivity index (χ4n) is 3.43. The third kappa shape index (κ3) is 3.18. The fourth-order valence-corrected chi connectivity index (χ4v) is 3.85. The molecule has 5 rings (SSSR count). The molecule has 29 heavy (non-hydrogen) atoms. The summed E-state index contributed by atoms with van der Waals surface area (Å²) in [5.74, 6) is 0.351. The maximum absolute atomic E-state index is 6.49. The molecule has 0 radical (unpaired) electrons. The molecule has 2 aromatic carbocycles. The monoisotopic (exact) mass is 423 g/mol. The van der Waals surface area contributed by atoms with Crippen molar-refractivity contribution in [3.05, 3.63) is 75.7 Å². The highest BCUT2D eigenvalue weighted by atomic mass is 35.5. The second-order valence-corrected chi connectivity index (χ2v) is 7.47. The average Bonchev–Trinajstić information content (AvgIpc) is 3.12. The second-order valence-electron chi connectivity index (χ2n) is 6.63. The van der Waals surface area contributed by atoms with Gasteiger partial charge in [-0.15, -0.1) is 0 Å². The van der Waals surface area contributed by atoms with Crippen molar-refractivity contribution < 1.29 is 0 Å². The van der Waals surface area contributed by atoms with Gasteiger partial charge in [0.15, 0.2) is 11.5 Å². The summed E-state index contributed by atoms with van der Waals surface area (Å²) in [6.07, 6.45) is 4.89. The van der Waals surface area contributed by atoms with Crippen molar-refractivity contribution in [1.82, 2.24) is 19.5 Å². The molecule has 1 atom stereocenters. The first kappa shape index (κ1) is 17.9. The van der Waals surface area contributed by atoms with Crippen molar-refractivity contribution in [3.63, 3.8) is 0 Å². The van der Waals surface area contributed by atoms with E-state index in [9.17, 15) is 0 Å². The molecule has 2 N–H and O–H groups in total. The van der Waals surface area contributed by atoms with Crippen LogP contribution >= 0.6 is 23.2 Å². The Balaban J connectivity index is 1.65. The van der Waals surface area contributed by atoms with Gasteiger partial charge in [-0.2, -0.15) is 0 Å². The molecule has 1 aliphatic rings. The van der Waals surface area contributed by atoms with Crippen molar-refractivity contribution in [2.75, 3.05) is 10.6 Å². The van der Waals surface area contributed by atoms with Crippen LogP contribution in [0.3, 0.4) is 0 Å². The van der Waals surface area contributed by atoms with Crippen LogP contribution in [-0.4, -0.2) is 25.7 Å². The number of nitrogens with two attached hydrogens (primary N) is 1. The van der Waals surface area contributed by atoms with Crippen LogP contribution in [0.1, 0.15) is 0 Å². The van der Waals surface area contributed by atoms with Gasteiger partial charge in [-0.3, -0.25) is 4.99 Å². The minimum Gasteiger partial charge on any atom is -0.382 e. The summed E-state index contributed by atoms with van der Waals surface area (Å²) in [4.78, 5) is 19.7. The van der Waals surface area contributed by atoms with E-state index in [1.165, 1.54) is 6.33 Å². The molecule has 1 aliphatic heterocycles. The molecule has 7 nitrogen and oxygen atoms in total. The van der Waals surface area contributed by atoms with E-state index in [1.807, 2.05) is 58.1 Å². The van der Waals surface area contributed by atoms with E-state index in [0.717, 1.165) is 16.3 Å². The first-order valence-corrected chi connectivity index (χ1v) is 9.65. The number of hydrogen-bond donors (Lipinski definition) is 1. The molecule has 3 heterocycles. The van der Waals surface area contributed by atoms with E-state index < -0.39 is 0 Å². The molecule has 0 spiro atoms. The van der Waals surface area contributed by atoms with Crippen molar-refractivity contribution in [1.29, 1.82) is 0 Å². The Bertz CT molecular complexity index is 1350. The number of benzene rings is 2. The highest BCUT2D eigenvalue weighted by molar-refractivity contribution is 6.33. The summed E-state index contributed by atoms with van der Waals surface area (Å²) < 4.78 is 1.92. The van der Waals surface area contributed by atoms with Gasteiger partial charge in [-0.1, -0.05) is 35.3 Å². The van der Waals surface area contributed by atoms with Gasteiger partial charge in [0.1, 0.15) is 18.0 Å². The Morgan fingerprint density at radius 2 is 1.90 bits per heavy atom. The van der Waals surface area contributed by atoms with Crippen molar-refractivity contribution in [2.45, 2.75) is 12.7 Å². The summed E-state index contributed by atoms with van der Waals surface area (Å²) >= 11 is 12.7. The summed E-state index contributed by atoms with van der Waals surface area (Å²) in [6, 6.07) is 13.3. The van der Waals surface area contributed by atoms with Crippen LogP contribution in [0.25, 0.3) is 17.4 Å². The number of aromatic nitrogens is 4. The first-order valence-electron chi connectivity index (χ1n) is 8.89. The van der Waals surface area contributed by atoms with E-state index >= 15 is 0 Å². The molecule has 1 unspecified atom stereocenters. The van der Waals surface area contributed by atoms with Crippen LogP contribution in [0, 0.1) is 0 Å². The van der Waals surface area contributed by atoms with Crippen molar-refractivity contribution in [2.24, 2.45) is 4.99 Å². The molecular weight excluding hydrogens is 409 g/mol. The normalized spacial score (nSPS) is 15.7. The molecular formula is C20H15Cl2N7. The largest absolute Gasteiger partial charge is 0.382 e. The Morgan fingerprint density at radius 3 is 2.76 bits per heavy atom. The van der Waals surface area contributed by atoms with Gasteiger partial charge in [0.2, 0.25) is 0 Å². The molecule has 0 aliphatic carbocycles. The molecule has 0 saturated heterocycles. The number of para-hydroxylation sites is 1. The number of fused-ring (bicyclic) bond motifs is 2. The van der Waals surface area contributed by atoms with Gasteiger partial charge in [-0.05, 0) is 30.3 Å². The van der Waals surface area contributed by atoms with Gasteiger partial charge in [0.05, 0.1) is 28.9 Å². The third-order valence-corrected chi connectivity index (χ3v) is 5.35. The number of imidazole rings is 1. The lowest BCUT2D eigenvalue weighted by Gasteiger charge is -2.31. The van der Waals surface area contributed by atoms with Gasteiger partial charge in [0.25, 0.3) is 0 Å². The second kappa shape index (κ2) is 7.02. The topological polar surface area (TPSA) is 85.2 Å². The average molecular weight is 424 g/mol. The number of hydrogen-bond acceptors (Lipinski definition) is 6. The zero-order chi connectivity index (χ0) is 20.0. The number of rotatable bonds is 3. The maximum Gasteiger partial charge on any atom is 0.165 e. The van der Waals surface area contributed by atoms with Crippen LogP contribution in [0.4, 0.5) is 11.5 Å². The zero-order valence-corrected chi connectivity index (χ0v) is 16.6. The van der Waals surface area contributed by atoms with Crippen LogP contribution in [0.5, 0.6) is 0 Å². The third-order valence-electron chi connectivity index (χ3n) is 4.80. The smallest absolute Gasteiger partial charge is 0.165 e. The van der Waals surface area contributed by atoms with Crippen molar-refractivity contribution >= 4 is 52.1 Å². The van der Waals surface area contributed by atoms with E-state index in [2.05, 4.69) is 15.0 Å². The molecule has 144 valence electrons. The highest BCUT2D eigenvalue weighted by Gasteiger charge is 2.23. The van der Waals surface area contributed by atoms with E-state index in [4.69, 9.17) is 33.9 Å². The Hall–Kier alpha value is -3.16. The summed E-state index contributed by atoms with van der Waals surface area (Å²) in [6.45, 7) is 0.497. The number of anilines is 2. The number of nitrogen functional groups attached to an aromatic ring is 1. The fraction of sp³-hybridized carbons (Fsp3) is 0.100. The minimum absolute atomic E-state index is 0.267. The SMILES string of the molecule is Nc1ncnc2c1ncn2CC1N=c2ccc(Cl)cc2=CN1c1ccccc1Cl. The molecule has 9 heteroatoms. The van der Waals surface area contributed by atoms with Gasteiger partial charge < -0.3 is 15.2 Å². The molecule has 0 amide bonds. The van der Waals surface area contributed by atoms with Gasteiger partial charge >= 0.3 is 0 Å². The van der Waals surface area contributed by atoms with E-state index in [0.29, 0.717) is 33.6 Å². The standard InChI is InChI=1S/C20H15Cl2N7/c21-13-5-6-15-12(7-13)8-29(16-4-2-1-3-14(16)22)17(27-15)9-28-11-26-18-19(23)24-10-25-20(18)28/h1-8,10-11,17H,9H2,(H2,23,24,25). The molecule has 0 fully saturated rings. The van der Waals surface area contributed by atoms with Gasteiger partial charge in [-0.25, -0.2) is 15.0 Å². The summed E-state index contributed by atoms with van der Waals surface area (Å²) in [7, 11) is 0. The van der Waals surface area contributed by atoms with Crippen LogP contribution in [0.15, 0.2) is 60.1 Å². The number of halogens is 2. The van der Waals surface area contributed by atoms with Crippen LogP contribution in [-0.2, 0) is 6.54 Å². The molecule has 2 aromatic heterocycles. The Labute approximate surface area is 175 Å². The summed E-state index contributed by atoms with van der Waals surface area (Å²) in [5, 5.41) is 3.08. The minimum atomic E-state index is -0.267. The number of nitrogens with zero attached hydrogens (tertiary/aromatic N) is 6. The highest BCUT2D eigenvalue weighted by Crippen LogP contribution is 2.29. The van der Waals surface area contributed by atoms with Gasteiger partial charge in [0, 0.05) is 16.4 Å². The van der Waals surface area contributed by atoms with E-state index in [-0.39, 0.29) is 6.17 Å². The van der Waals surface area contributed by atoms with Crippen LogP contribution in [0.2, 0.25) is 10.0 Å². The summed E-state index contributed by atoms with van der Waals surface area (Å²) in [5.41, 5.74) is 8.01. The van der Waals surface area contributed by atoms with E-state index in [1.54, 1.807) is 6.33 Å². The predicted octanol–water partition coefficient (Wildman–Crippen LogP) is 2.62. The van der Waals surface area contributed by atoms with Crippen molar-refractivity contribution in [3.8, 4) is 0 Å². The Kier molecular flexibility index (Phi) is 4.34. The molecule has 4 aromatic rings. The Morgan fingerprint density at radius 1 is 1.03 bits per heavy atom. The first-order chi connectivity index (χ1) is 14.1. The predicted molar refractivity (Wildman–Crippen MR) is 114 cm³/mol. The molecule has 0 bridgehead atoms. The maximum atomic E-state index is 6.49. The lowest BCUT2D eigenvalue weighted by molar-refractivity contribution is 0.557. The quantitative estimate of drug-likeness (QED) is 0.547. The zero-order valence-electron chi connectivity index (χ0n) is 15.1.